The first kappa shape index (κ1) is 21.3. The molecule has 31 heavy (non-hydrogen) atoms. The van der Waals surface area contributed by atoms with Gasteiger partial charge in [0.1, 0.15) is 0 Å². The van der Waals surface area contributed by atoms with Crippen molar-refractivity contribution in [2.45, 2.75) is 12.8 Å². The zero-order valence-corrected chi connectivity index (χ0v) is 18.1. The van der Waals surface area contributed by atoms with Crippen molar-refractivity contribution in [3.63, 3.8) is 0 Å². The number of piperidine rings is 1. The second kappa shape index (κ2) is 9.03. The largest absolute Gasteiger partial charge is 0.436 e. The van der Waals surface area contributed by atoms with Crippen molar-refractivity contribution < 1.29 is 17.6 Å². The zero-order valence-electron chi connectivity index (χ0n) is 17.3. The fourth-order valence-electron chi connectivity index (χ4n) is 3.85. The van der Waals surface area contributed by atoms with Crippen LogP contribution < -0.4 is 4.72 Å². The van der Waals surface area contributed by atoms with Gasteiger partial charge in [-0.15, -0.1) is 0 Å². The summed E-state index contributed by atoms with van der Waals surface area (Å²) in [5.74, 6) is 1.03. The van der Waals surface area contributed by atoms with Crippen LogP contribution in [0.2, 0.25) is 0 Å². The number of sulfonamides is 1. The van der Waals surface area contributed by atoms with Crippen molar-refractivity contribution >= 4 is 15.9 Å². The third kappa shape index (κ3) is 5.21. The Morgan fingerprint density at radius 3 is 2.68 bits per heavy atom. The molecule has 1 fully saturated rings. The van der Waals surface area contributed by atoms with Crippen LogP contribution in [0, 0.1) is 5.92 Å². The van der Waals surface area contributed by atoms with E-state index in [1.54, 1.807) is 17.2 Å². The molecule has 1 N–H and O–H groups in total. The van der Waals surface area contributed by atoms with E-state index in [1.165, 1.54) is 0 Å². The Hall–Kier alpha value is -2.97. The van der Waals surface area contributed by atoms with Crippen LogP contribution in [0.15, 0.2) is 65.2 Å². The average Bonchev–Trinajstić information content (AvgIpc) is 3.28. The monoisotopic (exact) mass is 439 g/mol. The summed E-state index contributed by atoms with van der Waals surface area (Å²) in [5, 5.41) is 0. The van der Waals surface area contributed by atoms with E-state index in [2.05, 4.69) is 9.71 Å². The van der Waals surface area contributed by atoms with Gasteiger partial charge in [-0.05, 0) is 30.9 Å². The highest BCUT2D eigenvalue weighted by molar-refractivity contribution is 7.88. The zero-order chi connectivity index (χ0) is 21.8. The summed E-state index contributed by atoms with van der Waals surface area (Å²) < 4.78 is 31.3. The first-order valence-corrected chi connectivity index (χ1v) is 12.1. The van der Waals surface area contributed by atoms with Gasteiger partial charge in [-0.1, -0.05) is 42.5 Å². The number of amides is 1. The molecule has 2 aromatic carbocycles. The maximum absolute atomic E-state index is 13.3. The van der Waals surface area contributed by atoms with Gasteiger partial charge in [0, 0.05) is 30.8 Å². The molecule has 0 spiro atoms. The van der Waals surface area contributed by atoms with Crippen LogP contribution in [0.25, 0.3) is 22.8 Å². The van der Waals surface area contributed by atoms with Gasteiger partial charge in [0.2, 0.25) is 15.9 Å². The highest BCUT2D eigenvalue weighted by Crippen LogP contribution is 2.29. The number of nitrogens with one attached hydrogen (secondary N) is 1. The van der Waals surface area contributed by atoms with Crippen molar-refractivity contribution in [1.82, 2.24) is 14.6 Å². The van der Waals surface area contributed by atoms with Gasteiger partial charge in [-0.25, -0.2) is 18.1 Å². The summed E-state index contributed by atoms with van der Waals surface area (Å²) in [6, 6.07) is 17.0. The molecular weight excluding hydrogens is 414 g/mol. The lowest BCUT2D eigenvalue weighted by Gasteiger charge is -2.33. The number of benzene rings is 2. The predicted octanol–water partition coefficient (Wildman–Crippen LogP) is 3.41. The number of hydrogen-bond donors (Lipinski definition) is 1. The quantitative estimate of drug-likeness (QED) is 0.635. The maximum atomic E-state index is 13.3. The van der Waals surface area contributed by atoms with Crippen molar-refractivity contribution in [2.75, 3.05) is 25.9 Å². The standard InChI is InChI=1S/C23H25N3O4S/c1-31(28,29)25-14-17-8-7-13-26(16-17)23(27)20-12-6-5-11-19(20)22-24-15-21(30-22)18-9-3-2-4-10-18/h2-6,9-12,15,17,25H,7-8,13-14,16H2,1H3/t17-/m1/s1. The predicted molar refractivity (Wildman–Crippen MR) is 119 cm³/mol. The topological polar surface area (TPSA) is 92.5 Å². The van der Waals surface area contributed by atoms with Crippen molar-refractivity contribution in [3.8, 4) is 22.8 Å². The molecule has 0 bridgehead atoms. The summed E-state index contributed by atoms with van der Waals surface area (Å²) in [6.45, 7) is 1.49. The summed E-state index contributed by atoms with van der Waals surface area (Å²) in [4.78, 5) is 19.5. The van der Waals surface area contributed by atoms with E-state index in [4.69, 9.17) is 4.42 Å². The van der Waals surface area contributed by atoms with Crippen molar-refractivity contribution in [3.05, 3.63) is 66.4 Å². The maximum Gasteiger partial charge on any atom is 0.254 e. The highest BCUT2D eigenvalue weighted by Gasteiger charge is 2.27. The van der Waals surface area contributed by atoms with E-state index in [0.717, 1.165) is 24.7 Å². The van der Waals surface area contributed by atoms with Gasteiger partial charge in [0.15, 0.2) is 5.76 Å². The fourth-order valence-corrected chi connectivity index (χ4v) is 4.38. The lowest BCUT2D eigenvalue weighted by atomic mass is 9.97. The summed E-state index contributed by atoms with van der Waals surface area (Å²) in [6.07, 6.45) is 4.53. The number of likely N-dealkylation sites (tertiary alicyclic amines) is 1. The molecule has 0 unspecified atom stereocenters. The lowest BCUT2D eigenvalue weighted by molar-refractivity contribution is 0.0677. The molecule has 0 aliphatic carbocycles. The first-order chi connectivity index (χ1) is 14.9. The van der Waals surface area contributed by atoms with Crippen LogP contribution in [0.3, 0.4) is 0 Å². The van der Waals surface area contributed by atoms with E-state index in [0.29, 0.717) is 42.4 Å². The van der Waals surface area contributed by atoms with Gasteiger partial charge < -0.3 is 9.32 Å². The molecule has 4 rings (SSSR count). The van der Waals surface area contributed by atoms with Crippen molar-refractivity contribution in [2.24, 2.45) is 5.92 Å². The second-order valence-corrected chi connectivity index (χ2v) is 9.65. The molecule has 1 atom stereocenters. The fraction of sp³-hybridized carbons (Fsp3) is 0.304. The SMILES string of the molecule is CS(=O)(=O)NC[C@H]1CCCN(C(=O)c2ccccc2-c2ncc(-c3ccccc3)o2)C1. The first-order valence-electron chi connectivity index (χ1n) is 10.3. The third-order valence-electron chi connectivity index (χ3n) is 5.39. The Morgan fingerprint density at radius 1 is 1.16 bits per heavy atom. The number of nitrogens with zero attached hydrogens (tertiary/aromatic N) is 2. The lowest BCUT2D eigenvalue weighted by Crippen LogP contribution is -2.43. The smallest absolute Gasteiger partial charge is 0.254 e. The molecule has 8 heteroatoms. The normalized spacial score (nSPS) is 16.9. The summed E-state index contributed by atoms with van der Waals surface area (Å²) in [5.41, 5.74) is 2.09. The van der Waals surface area contributed by atoms with E-state index < -0.39 is 10.0 Å². The molecule has 1 aliphatic heterocycles. The minimum absolute atomic E-state index is 0.0889. The van der Waals surface area contributed by atoms with Crippen LogP contribution in [0.5, 0.6) is 0 Å². The average molecular weight is 440 g/mol. The van der Waals surface area contributed by atoms with Crippen LogP contribution >= 0.6 is 0 Å². The molecule has 1 aromatic heterocycles. The summed E-state index contributed by atoms with van der Waals surface area (Å²) in [7, 11) is -3.25. The van der Waals surface area contributed by atoms with Crippen LogP contribution in [0.1, 0.15) is 23.2 Å². The Bertz CT molecular complexity index is 1160. The molecular formula is C23H25N3O4S. The number of carbonyl (C=O) groups excluding carboxylic acids is 1. The molecule has 0 radical (unpaired) electrons. The summed E-state index contributed by atoms with van der Waals surface area (Å²) >= 11 is 0. The molecule has 2 heterocycles. The van der Waals surface area contributed by atoms with Crippen LogP contribution in [-0.4, -0.2) is 50.1 Å². The van der Waals surface area contributed by atoms with E-state index >= 15 is 0 Å². The molecule has 162 valence electrons. The molecule has 3 aromatic rings. The van der Waals surface area contributed by atoms with Gasteiger partial charge in [-0.3, -0.25) is 4.79 Å². The number of aromatic nitrogens is 1. The van der Waals surface area contributed by atoms with Gasteiger partial charge >= 0.3 is 0 Å². The minimum atomic E-state index is -3.25. The highest BCUT2D eigenvalue weighted by atomic mass is 32.2. The molecule has 1 aliphatic rings. The molecule has 7 nitrogen and oxygen atoms in total. The Kier molecular flexibility index (Phi) is 6.20. The second-order valence-electron chi connectivity index (χ2n) is 7.82. The third-order valence-corrected chi connectivity index (χ3v) is 6.08. The Labute approximate surface area is 182 Å². The van der Waals surface area contributed by atoms with Gasteiger partial charge in [0.25, 0.3) is 5.91 Å². The van der Waals surface area contributed by atoms with Gasteiger partial charge in [-0.2, -0.15) is 0 Å². The Morgan fingerprint density at radius 2 is 1.90 bits per heavy atom. The van der Waals surface area contributed by atoms with Crippen LogP contribution in [-0.2, 0) is 10.0 Å². The minimum Gasteiger partial charge on any atom is -0.436 e. The van der Waals surface area contributed by atoms with E-state index in [1.807, 2.05) is 48.5 Å². The number of oxazole rings is 1. The number of carbonyl (C=O) groups is 1. The number of hydrogen-bond acceptors (Lipinski definition) is 5. The molecule has 0 saturated carbocycles. The van der Waals surface area contributed by atoms with E-state index in [-0.39, 0.29) is 11.8 Å². The molecule has 1 saturated heterocycles. The number of rotatable bonds is 6. The van der Waals surface area contributed by atoms with Crippen molar-refractivity contribution in [1.29, 1.82) is 0 Å². The molecule has 1 amide bonds. The van der Waals surface area contributed by atoms with E-state index in [9.17, 15) is 13.2 Å². The van der Waals surface area contributed by atoms with Gasteiger partial charge in [0.05, 0.1) is 18.0 Å². The Balaban J connectivity index is 1.54. The van der Waals surface area contributed by atoms with Crippen LogP contribution in [0.4, 0.5) is 0 Å².